The molecular weight excluding hydrogens is 345 g/mol. The number of sulfone groups is 1. The highest BCUT2D eigenvalue weighted by molar-refractivity contribution is 7.90. The topological polar surface area (TPSA) is 126 Å². The number of nitrogens with one attached hydrogen (secondary N) is 1. The lowest BCUT2D eigenvalue weighted by molar-refractivity contribution is -0.139. The van der Waals surface area contributed by atoms with Crippen LogP contribution in [-0.4, -0.2) is 53.6 Å². The predicted molar refractivity (Wildman–Crippen MR) is 75.3 cm³/mol. The first-order valence-corrected chi connectivity index (χ1v) is 8.32. The van der Waals surface area contributed by atoms with E-state index in [4.69, 9.17) is 28.3 Å². The molecule has 1 unspecified atom stereocenters. The monoisotopic (exact) mass is 355 g/mol. The van der Waals surface area contributed by atoms with Crippen LogP contribution in [0.2, 0.25) is 10.3 Å². The number of halogens is 2. The molecule has 21 heavy (non-hydrogen) atoms. The molecule has 0 bridgehead atoms. The smallest absolute Gasteiger partial charge is 0.326 e. The fourth-order valence-corrected chi connectivity index (χ4v) is 2.33. The molecule has 1 heterocycles. The Kier molecular flexibility index (Phi) is 5.87. The van der Waals surface area contributed by atoms with Crippen LogP contribution in [0.4, 0.5) is 0 Å². The van der Waals surface area contributed by atoms with Crippen LogP contribution in [-0.2, 0) is 14.6 Å². The molecule has 0 aliphatic carbocycles. The molecule has 1 atom stereocenters. The third-order valence-electron chi connectivity index (χ3n) is 2.34. The number of aliphatic carboxylic acids is 1. The summed E-state index contributed by atoms with van der Waals surface area (Å²) in [5.41, 5.74) is -0.151. The summed E-state index contributed by atoms with van der Waals surface area (Å²) in [7, 11) is -3.35. The van der Waals surface area contributed by atoms with Crippen LogP contribution in [0.15, 0.2) is 6.07 Å². The van der Waals surface area contributed by atoms with Crippen molar-refractivity contribution in [3.63, 3.8) is 0 Å². The Morgan fingerprint density at radius 1 is 1.38 bits per heavy atom. The number of aromatic nitrogens is 2. The molecule has 1 amide bonds. The number of amides is 1. The van der Waals surface area contributed by atoms with Gasteiger partial charge in [0.2, 0.25) is 0 Å². The summed E-state index contributed by atoms with van der Waals surface area (Å²) in [6.07, 6.45) is 0.695. The van der Waals surface area contributed by atoms with Crippen molar-refractivity contribution in [2.45, 2.75) is 12.5 Å². The fourth-order valence-electron chi connectivity index (χ4n) is 1.34. The van der Waals surface area contributed by atoms with E-state index in [2.05, 4.69) is 15.5 Å². The average Bonchev–Trinajstić information content (AvgIpc) is 2.35. The lowest BCUT2D eigenvalue weighted by atomic mass is 10.2. The van der Waals surface area contributed by atoms with Crippen molar-refractivity contribution in [3.8, 4) is 0 Å². The van der Waals surface area contributed by atoms with Crippen molar-refractivity contribution >= 4 is 44.9 Å². The van der Waals surface area contributed by atoms with Gasteiger partial charge in [-0.2, -0.15) is 0 Å². The van der Waals surface area contributed by atoms with Crippen molar-refractivity contribution in [2.75, 3.05) is 12.0 Å². The lowest BCUT2D eigenvalue weighted by Gasteiger charge is -2.14. The highest BCUT2D eigenvalue weighted by atomic mass is 35.5. The Morgan fingerprint density at radius 2 is 2.00 bits per heavy atom. The maximum Gasteiger partial charge on any atom is 0.326 e. The van der Waals surface area contributed by atoms with E-state index in [0.717, 1.165) is 12.3 Å². The Balaban J connectivity index is 2.86. The molecule has 0 fully saturated rings. The molecule has 0 aliphatic rings. The molecule has 11 heteroatoms. The molecule has 1 aromatic rings. The maximum atomic E-state index is 11.9. The van der Waals surface area contributed by atoms with Gasteiger partial charge in [-0.1, -0.05) is 23.2 Å². The summed E-state index contributed by atoms with van der Waals surface area (Å²) < 4.78 is 22.1. The van der Waals surface area contributed by atoms with Gasteiger partial charge >= 0.3 is 5.97 Å². The van der Waals surface area contributed by atoms with Gasteiger partial charge in [0.1, 0.15) is 15.9 Å². The summed E-state index contributed by atoms with van der Waals surface area (Å²) in [6.45, 7) is 0. The van der Waals surface area contributed by atoms with Crippen molar-refractivity contribution in [1.82, 2.24) is 15.5 Å². The number of hydrogen-bond donors (Lipinski definition) is 2. The van der Waals surface area contributed by atoms with E-state index in [9.17, 15) is 18.0 Å². The van der Waals surface area contributed by atoms with Gasteiger partial charge in [-0.15, -0.1) is 10.2 Å². The summed E-state index contributed by atoms with van der Waals surface area (Å²) in [6, 6.07) is -0.253. The molecule has 8 nitrogen and oxygen atoms in total. The number of carboxylic acids is 1. The second-order valence-corrected chi connectivity index (χ2v) is 7.16. The number of nitrogens with zero attached hydrogens (tertiary/aromatic N) is 2. The van der Waals surface area contributed by atoms with Crippen LogP contribution in [0.1, 0.15) is 16.8 Å². The first kappa shape index (κ1) is 17.6. The average molecular weight is 356 g/mol. The standard InChI is InChI=1S/C10H11Cl2N3O5S/c1-21(19,20)3-2-6(10(17)18)13-9(16)5-4-7(11)14-15-8(5)12/h4,6H,2-3H2,1H3,(H,13,16)(H,17,18). The van der Waals surface area contributed by atoms with Gasteiger partial charge in [-0.3, -0.25) is 4.79 Å². The molecule has 1 rings (SSSR count). The summed E-state index contributed by atoms with van der Waals surface area (Å²) in [4.78, 5) is 23.0. The minimum absolute atomic E-state index is 0.0902. The van der Waals surface area contributed by atoms with Gasteiger partial charge < -0.3 is 10.4 Å². The number of hydrogen-bond acceptors (Lipinski definition) is 6. The van der Waals surface area contributed by atoms with Gasteiger partial charge in [0, 0.05) is 6.26 Å². The summed E-state index contributed by atoms with van der Waals surface area (Å²) >= 11 is 11.2. The second-order valence-electron chi connectivity index (χ2n) is 4.15. The third-order valence-corrected chi connectivity index (χ3v) is 3.79. The third kappa shape index (κ3) is 5.82. The largest absolute Gasteiger partial charge is 0.480 e. The quantitative estimate of drug-likeness (QED) is 0.755. The van der Waals surface area contributed by atoms with Crippen LogP contribution >= 0.6 is 23.2 Å². The van der Waals surface area contributed by atoms with E-state index in [0.29, 0.717) is 0 Å². The van der Waals surface area contributed by atoms with Crippen LogP contribution in [0, 0.1) is 0 Å². The van der Waals surface area contributed by atoms with Crippen molar-refractivity contribution in [2.24, 2.45) is 0 Å². The molecule has 116 valence electrons. The molecule has 2 N–H and O–H groups in total. The van der Waals surface area contributed by atoms with Crippen LogP contribution in [0.5, 0.6) is 0 Å². The molecule has 1 aromatic heterocycles. The first-order chi connectivity index (χ1) is 9.60. The Labute approximate surface area is 130 Å². The van der Waals surface area contributed by atoms with Gasteiger partial charge in [0.05, 0.1) is 11.3 Å². The maximum absolute atomic E-state index is 11.9. The zero-order chi connectivity index (χ0) is 16.2. The molecule has 0 radical (unpaired) electrons. The molecule has 0 saturated carbocycles. The SMILES string of the molecule is CS(=O)(=O)CCC(NC(=O)c1cc(Cl)nnc1Cl)C(=O)O. The van der Waals surface area contributed by atoms with E-state index in [1.807, 2.05) is 0 Å². The molecular formula is C10H11Cl2N3O5S. The van der Waals surface area contributed by atoms with E-state index < -0.39 is 27.8 Å². The number of rotatable bonds is 6. The number of carbonyl (C=O) groups is 2. The molecule has 0 saturated heterocycles. The highest BCUT2D eigenvalue weighted by Gasteiger charge is 2.24. The van der Waals surface area contributed by atoms with Gasteiger partial charge in [-0.05, 0) is 12.5 Å². The number of carboxylic acid groups (broad SMARTS) is 1. The van der Waals surface area contributed by atoms with Gasteiger partial charge in [-0.25, -0.2) is 13.2 Å². The number of carbonyl (C=O) groups excluding carboxylic acids is 1. The fraction of sp³-hybridized carbons (Fsp3) is 0.400. The van der Waals surface area contributed by atoms with Crippen molar-refractivity contribution < 1.29 is 23.1 Å². The Morgan fingerprint density at radius 3 is 2.52 bits per heavy atom. The molecule has 0 aromatic carbocycles. The lowest BCUT2D eigenvalue weighted by Crippen LogP contribution is -2.42. The predicted octanol–water partition coefficient (Wildman–Crippen LogP) is 0.401. The van der Waals surface area contributed by atoms with Crippen molar-refractivity contribution in [1.29, 1.82) is 0 Å². The summed E-state index contributed by atoms with van der Waals surface area (Å²) in [5.74, 6) is -2.58. The minimum atomic E-state index is -3.35. The van der Waals surface area contributed by atoms with Gasteiger partial charge in [0.15, 0.2) is 10.3 Å². The first-order valence-electron chi connectivity index (χ1n) is 5.50. The van der Waals surface area contributed by atoms with Crippen LogP contribution in [0.3, 0.4) is 0 Å². The van der Waals surface area contributed by atoms with E-state index in [1.54, 1.807) is 0 Å². The molecule has 0 aliphatic heterocycles. The Bertz CT molecular complexity index is 665. The normalized spacial score (nSPS) is 12.7. The van der Waals surface area contributed by atoms with E-state index in [1.165, 1.54) is 0 Å². The Hall–Kier alpha value is -1.45. The van der Waals surface area contributed by atoms with E-state index >= 15 is 0 Å². The zero-order valence-corrected chi connectivity index (χ0v) is 13.0. The summed E-state index contributed by atoms with van der Waals surface area (Å²) in [5, 5.41) is 17.6. The highest BCUT2D eigenvalue weighted by Crippen LogP contribution is 2.15. The van der Waals surface area contributed by atoms with Gasteiger partial charge in [0.25, 0.3) is 5.91 Å². The van der Waals surface area contributed by atoms with E-state index in [-0.39, 0.29) is 28.0 Å². The van der Waals surface area contributed by atoms with Crippen molar-refractivity contribution in [3.05, 3.63) is 21.9 Å². The second kappa shape index (κ2) is 7.01. The molecule has 0 spiro atoms. The van der Waals surface area contributed by atoms with Crippen LogP contribution < -0.4 is 5.32 Å². The van der Waals surface area contributed by atoms with Crippen LogP contribution in [0.25, 0.3) is 0 Å². The zero-order valence-electron chi connectivity index (χ0n) is 10.7. The minimum Gasteiger partial charge on any atom is -0.480 e.